The van der Waals surface area contributed by atoms with Crippen molar-refractivity contribution < 1.29 is 14.7 Å². The van der Waals surface area contributed by atoms with Gasteiger partial charge in [-0.1, -0.05) is 12.1 Å². The summed E-state index contributed by atoms with van der Waals surface area (Å²) in [6.45, 7) is 0.972. The number of benzene rings is 1. The van der Waals surface area contributed by atoms with Crippen molar-refractivity contribution >= 4 is 23.8 Å². The van der Waals surface area contributed by atoms with Crippen molar-refractivity contribution in [3.05, 3.63) is 35.4 Å². The molecule has 2 amide bonds. The van der Waals surface area contributed by atoms with E-state index in [1.54, 1.807) is 30.0 Å². The number of thioether (sulfide) groups is 1. The lowest BCUT2D eigenvalue weighted by molar-refractivity contribution is 0.0696. The van der Waals surface area contributed by atoms with Gasteiger partial charge in [0, 0.05) is 13.1 Å². The number of unbranched alkanes of at least 4 members (excludes halogenated alkanes) is 1. The van der Waals surface area contributed by atoms with E-state index in [-0.39, 0.29) is 11.6 Å². The summed E-state index contributed by atoms with van der Waals surface area (Å²) in [6.07, 6.45) is 4.11. The Bertz CT molecular complexity index is 452. The number of carboxylic acid groups (broad SMARTS) is 1. The van der Waals surface area contributed by atoms with Crippen LogP contribution in [0.2, 0.25) is 0 Å². The van der Waals surface area contributed by atoms with Gasteiger partial charge in [-0.25, -0.2) is 9.59 Å². The Balaban J connectivity index is 2.27. The molecule has 0 fully saturated rings. The van der Waals surface area contributed by atoms with Crippen LogP contribution in [0.5, 0.6) is 0 Å². The minimum absolute atomic E-state index is 0.224. The molecule has 0 unspecified atom stereocenters. The van der Waals surface area contributed by atoms with Crippen LogP contribution in [0, 0.1) is 0 Å². The maximum Gasteiger partial charge on any atom is 0.335 e. The molecule has 0 atom stereocenters. The van der Waals surface area contributed by atoms with Crippen LogP contribution in [0.15, 0.2) is 24.3 Å². The van der Waals surface area contributed by atoms with Gasteiger partial charge in [-0.05, 0) is 42.5 Å². The normalized spacial score (nSPS) is 10.1. The second-order valence-corrected chi connectivity index (χ2v) is 5.30. The first-order chi connectivity index (χ1) is 9.63. The molecule has 3 N–H and O–H groups in total. The van der Waals surface area contributed by atoms with E-state index < -0.39 is 5.97 Å². The first-order valence-electron chi connectivity index (χ1n) is 6.46. The van der Waals surface area contributed by atoms with E-state index in [4.69, 9.17) is 5.11 Å². The second kappa shape index (κ2) is 9.25. The Kier molecular flexibility index (Phi) is 7.57. The molecule has 6 heteroatoms. The van der Waals surface area contributed by atoms with Crippen molar-refractivity contribution in [2.75, 3.05) is 18.6 Å². The summed E-state index contributed by atoms with van der Waals surface area (Å²) < 4.78 is 0. The highest BCUT2D eigenvalue weighted by Gasteiger charge is 2.04. The first-order valence-corrected chi connectivity index (χ1v) is 7.85. The van der Waals surface area contributed by atoms with Crippen molar-refractivity contribution in [1.29, 1.82) is 0 Å². The zero-order valence-corrected chi connectivity index (χ0v) is 12.3. The third-order valence-corrected chi connectivity index (χ3v) is 3.38. The minimum atomic E-state index is -0.968. The third kappa shape index (κ3) is 6.47. The average molecular weight is 296 g/mol. The zero-order chi connectivity index (χ0) is 14.8. The number of aromatic carboxylic acids is 1. The van der Waals surface area contributed by atoms with E-state index in [9.17, 15) is 9.59 Å². The number of carbonyl (C=O) groups excluding carboxylic acids is 1. The molecule has 0 heterocycles. The van der Waals surface area contributed by atoms with E-state index in [2.05, 4.69) is 16.9 Å². The third-order valence-electron chi connectivity index (χ3n) is 2.69. The maximum absolute atomic E-state index is 11.5. The molecule has 0 spiro atoms. The Hall–Kier alpha value is -1.69. The molecule has 0 aliphatic carbocycles. The quantitative estimate of drug-likeness (QED) is 0.643. The Morgan fingerprint density at radius 1 is 1.25 bits per heavy atom. The van der Waals surface area contributed by atoms with E-state index in [0.29, 0.717) is 13.1 Å². The van der Waals surface area contributed by atoms with Gasteiger partial charge >= 0.3 is 12.0 Å². The van der Waals surface area contributed by atoms with Gasteiger partial charge in [-0.15, -0.1) is 0 Å². The number of hydrogen-bond donors (Lipinski definition) is 3. The molecule has 1 aromatic rings. The molecular weight excluding hydrogens is 276 g/mol. The van der Waals surface area contributed by atoms with Gasteiger partial charge in [0.1, 0.15) is 0 Å². The van der Waals surface area contributed by atoms with Crippen molar-refractivity contribution in [3.8, 4) is 0 Å². The molecule has 110 valence electrons. The second-order valence-electron chi connectivity index (χ2n) is 4.31. The first kappa shape index (κ1) is 16.4. The lowest BCUT2D eigenvalue weighted by Crippen LogP contribution is -2.35. The van der Waals surface area contributed by atoms with E-state index in [1.165, 1.54) is 6.07 Å². The minimum Gasteiger partial charge on any atom is -0.478 e. The van der Waals surface area contributed by atoms with E-state index in [1.807, 2.05) is 0 Å². The molecule has 1 rings (SSSR count). The number of carboxylic acids is 1. The van der Waals surface area contributed by atoms with Gasteiger partial charge in [0.2, 0.25) is 0 Å². The van der Waals surface area contributed by atoms with Gasteiger partial charge in [-0.2, -0.15) is 11.8 Å². The lowest BCUT2D eigenvalue weighted by atomic mass is 10.1. The summed E-state index contributed by atoms with van der Waals surface area (Å²) in [5.41, 5.74) is 0.990. The van der Waals surface area contributed by atoms with Crippen LogP contribution in [0.3, 0.4) is 0 Å². The van der Waals surface area contributed by atoms with Crippen molar-refractivity contribution in [3.63, 3.8) is 0 Å². The SMILES string of the molecule is CSCCCCNC(=O)NCc1cccc(C(=O)O)c1. The number of urea groups is 1. The van der Waals surface area contributed by atoms with Crippen LogP contribution >= 0.6 is 11.8 Å². The number of hydrogen-bond acceptors (Lipinski definition) is 3. The van der Waals surface area contributed by atoms with Crippen LogP contribution in [0.1, 0.15) is 28.8 Å². The van der Waals surface area contributed by atoms with Gasteiger partial charge in [0.15, 0.2) is 0 Å². The molecule has 0 bridgehead atoms. The topological polar surface area (TPSA) is 78.4 Å². The molecule has 0 aliphatic heterocycles. The van der Waals surface area contributed by atoms with Crippen molar-refractivity contribution in [1.82, 2.24) is 10.6 Å². The van der Waals surface area contributed by atoms with Crippen molar-refractivity contribution in [2.45, 2.75) is 19.4 Å². The van der Waals surface area contributed by atoms with Gasteiger partial charge in [0.25, 0.3) is 0 Å². The fraction of sp³-hybridized carbons (Fsp3) is 0.429. The van der Waals surface area contributed by atoms with Crippen LogP contribution < -0.4 is 10.6 Å². The molecule has 0 radical (unpaired) electrons. The highest BCUT2D eigenvalue weighted by atomic mass is 32.2. The number of nitrogens with one attached hydrogen (secondary N) is 2. The summed E-state index contributed by atoms with van der Waals surface area (Å²) in [6, 6.07) is 6.31. The van der Waals surface area contributed by atoms with Crippen LogP contribution in [0.4, 0.5) is 4.79 Å². The molecule has 0 aromatic heterocycles. The predicted octanol–water partition coefficient (Wildman–Crippen LogP) is 2.33. The molecule has 1 aromatic carbocycles. The largest absolute Gasteiger partial charge is 0.478 e. The summed E-state index contributed by atoms with van der Waals surface area (Å²) in [5.74, 6) is 0.135. The van der Waals surface area contributed by atoms with Crippen molar-refractivity contribution in [2.24, 2.45) is 0 Å². The Morgan fingerprint density at radius 3 is 2.75 bits per heavy atom. The Labute approximate surface area is 123 Å². The lowest BCUT2D eigenvalue weighted by Gasteiger charge is -2.08. The summed E-state index contributed by atoms with van der Waals surface area (Å²) in [5, 5.41) is 14.4. The molecule has 0 aliphatic rings. The molecule has 20 heavy (non-hydrogen) atoms. The standard InChI is InChI=1S/C14H20N2O3S/c1-20-8-3-2-7-15-14(19)16-10-11-5-4-6-12(9-11)13(17)18/h4-6,9H,2-3,7-8,10H2,1H3,(H,17,18)(H2,15,16,19). The highest BCUT2D eigenvalue weighted by molar-refractivity contribution is 7.98. The smallest absolute Gasteiger partial charge is 0.335 e. The molecule has 5 nitrogen and oxygen atoms in total. The number of amides is 2. The van der Waals surface area contributed by atoms with Gasteiger partial charge in [0.05, 0.1) is 5.56 Å². The highest BCUT2D eigenvalue weighted by Crippen LogP contribution is 2.05. The maximum atomic E-state index is 11.5. The zero-order valence-electron chi connectivity index (χ0n) is 11.5. The Morgan fingerprint density at radius 2 is 2.05 bits per heavy atom. The number of rotatable bonds is 8. The van der Waals surface area contributed by atoms with Crippen LogP contribution in [0.25, 0.3) is 0 Å². The summed E-state index contributed by atoms with van der Waals surface area (Å²) in [7, 11) is 0. The monoisotopic (exact) mass is 296 g/mol. The fourth-order valence-electron chi connectivity index (χ4n) is 1.63. The van der Waals surface area contributed by atoms with Gasteiger partial charge < -0.3 is 15.7 Å². The van der Waals surface area contributed by atoms with E-state index >= 15 is 0 Å². The summed E-state index contributed by atoms with van der Waals surface area (Å²) in [4.78, 5) is 22.3. The molecular formula is C14H20N2O3S. The van der Waals surface area contributed by atoms with Crippen LogP contribution in [-0.4, -0.2) is 35.7 Å². The van der Waals surface area contributed by atoms with E-state index in [0.717, 1.165) is 24.2 Å². The molecule has 0 saturated carbocycles. The molecule has 0 saturated heterocycles. The predicted molar refractivity (Wildman–Crippen MR) is 81.3 cm³/mol. The van der Waals surface area contributed by atoms with Crippen LogP contribution in [-0.2, 0) is 6.54 Å². The summed E-state index contributed by atoms with van der Waals surface area (Å²) >= 11 is 1.80. The number of carbonyl (C=O) groups is 2. The van der Waals surface area contributed by atoms with Gasteiger partial charge in [-0.3, -0.25) is 0 Å². The fourth-order valence-corrected chi connectivity index (χ4v) is 2.13. The average Bonchev–Trinajstić information content (AvgIpc) is 2.45.